The van der Waals surface area contributed by atoms with Crippen molar-refractivity contribution in [3.8, 4) is 17.6 Å². The maximum absolute atomic E-state index is 13.8. The summed E-state index contributed by atoms with van der Waals surface area (Å²) in [6.45, 7) is 3.37. The lowest BCUT2D eigenvalue weighted by Crippen LogP contribution is -2.32. The number of hydrogen-bond acceptors (Lipinski definition) is 5. The van der Waals surface area contributed by atoms with Gasteiger partial charge in [-0.2, -0.15) is 5.26 Å². The molecule has 1 saturated heterocycles. The van der Waals surface area contributed by atoms with Gasteiger partial charge in [0, 0.05) is 18.7 Å². The molecule has 6 nitrogen and oxygen atoms in total. The fourth-order valence-corrected chi connectivity index (χ4v) is 3.20. The predicted molar refractivity (Wildman–Crippen MR) is 114 cm³/mol. The van der Waals surface area contributed by atoms with Crippen LogP contribution in [0, 0.1) is 17.1 Å². The van der Waals surface area contributed by atoms with Gasteiger partial charge < -0.3 is 19.5 Å². The van der Waals surface area contributed by atoms with E-state index < -0.39 is 5.91 Å². The Labute approximate surface area is 181 Å². The average Bonchev–Trinajstić information content (AvgIpc) is 3.30. The molecule has 1 heterocycles. The minimum absolute atomic E-state index is 0.000617. The maximum Gasteiger partial charge on any atom is 0.262 e. The molecule has 0 saturated carbocycles. The highest BCUT2D eigenvalue weighted by atomic mass is 19.1. The first-order valence-electron chi connectivity index (χ1n) is 10.3. The summed E-state index contributed by atoms with van der Waals surface area (Å²) in [5.41, 5.74) is 1.04. The Hall–Kier alpha value is -3.37. The predicted octanol–water partition coefficient (Wildman–Crippen LogP) is 4.01. The molecule has 1 aliphatic rings. The molecule has 31 heavy (non-hydrogen) atoms. The van der Waals surface area contributed by atoms with Gasteiger partial charge in [-0.25, -0.2) is 4.39 Å². The topological polar surface area (TPSA) is 80.6 Å². The van der Waals surface area contributed by atoms with Gasteiger partial charge >= 0.3 is 0 Å². The maximum atomic E-state index is 13.8. The van der Waals surface area contributed by atoms with E-state index in [1.54, 1.807) is 36.4 Å². The standard InChI is InChI=1S/C24H25FN2O4/c1-2-29-23-13-17(9-10-22(23)31-16-18-6-3-4-8-21(18)25)12-19(14-26)24(28)27-15-20-7-5-11-30-20/h3-4,6,8-10,12-13,20H,2,5,7,11,15-16H2,1H3,(H,27,28)/b19-12+/t20-/m1/s1. The third-order valence-electron chi connectivity index (χ3n) is 4.80. The van der Waals surface area contributed by atoms with Gasteiger partial charge in [0.15, 0.2) is 11.5 Å². The zero-order valence-corrected chi connectivity index (χ0v) is 17.4. The molecule has 1 fully saturated rings. The lowest BCUT2D eigenvalue weighted by Gasteiger charge is -2.13. The van der Waals surface area contributed by atoms with E-state index in [-0.39, 0.29) is 24.1 Å². The number of carbonyl (C=O) groups excluding carboxylic acids is 1. The lowest BCUT2D eigenvalue weighted by atomic mass is 10.1. The molecule has 0 radical (unpaired) electrons. The average molecular weight is 424 g/mol. The van der Waals surface area contributed by atoms with Gasteiger partial charge in [-0.1, -0.05) is 24.3 Å². The van der Waals surface area contributed by atoms with Gasteiger partial charge in [-0.15, -0.1) is 0 Å². The fourth-order valence-electron chi connectivity index (χ4n) is 3.20. The molecule has 2 aromatic carbocycles. The summed E-state index contributed by atoms with van der Waals surface area (Å²) in [4.78, 5) is 12.4. The number of benzene rings is 2. The molecule has 3 rings (SSSR count). The SMILES string of the molecule is CCOc1cc(/C=C(\C#N)C(=O)NC[C@H]2CCCO2)ccc1OCc1ccccc1F. The van der Waals surface area contributed by atoms with Crippen molar-refractivity contribution in [3.05, 3.63) is 65.0 Å². The third kappa shape index (κ3) is 6.30. The van der Waals surface area contributed by atoms with E-state index in [1.807, 2.05) is 13.0 Å². The van der Waals surface area contributed by atoms with Gasteiger partial charge in [-0.3, -0.25) is 4.79 Å². The van der Waals surface area contributed by atoms with Crippen LogP contribution in [-0.2, 0) is 16.1 Å². The Bertz CT molecular complexity index is 978. The number of hydrogen-bond donors (Lipinski definition) is 1. The molecule has 162 valence electrons. The van der Waals surface area contributed by atoms with E-state index >= 15 is 0 Å². The Morgan fingerprint density at radius 2 is 2.13 bits per heavy atom. The number of rotatable bonds is 9. The summed E-state index contributed by atoms with van der Waals surface area (Å²) in [7, 11) is 0. The Balaban J connectivity index is 1.71. The van der Waals surface area contributed by atoms with Crippen LogP contribution in [0.4, 0.5) is 4.39 Å². The van der Waals surface area contributed by atoms with Crippen molar-refractivity contribution in [1.82, 2.24) is 5.32 Å². The molecule has 1 aliphatic heterocycles. The van der Waals surface area contributed by atoms with Gasteiger partial charge in [0.2, 0.25) is 0 Å². The molecule has 7 heteroatoms. The number of nitrogens with one attached hydrogen (secondary N) is 1. The summed E-state index contributed by atoms with van der Waals surface area (Å²) >= 11 is 0. The number of carbonyl (C=O) groups is 1. The van der Waals surface area contributed by atoms with Gasteiger partial charge in [0.25, 0.3) is 5.91 Å². The Kier molecular flexibility index (Phi) is 8.02. The molecule has 0 aromatic heterocycles. The highest BCUT2D eigenvalue weighted by Gasteiger charge is 2.18. The first-order valence-corrected chi connectivity index (χ1v) is 10.3. The molecule has 1 atom stereocenters. The van der Waals surface area contributed by atoms with Crippen LogP contribution < -0.4 is 14.8 Å². The number of ether oxygens (including phenoxy) is 3. The van der Waals surface area contributed by atoms with Crippen molar-refractivity contribution in [2.24, 2.45) is 0 Å². The van der Waals surface area contributed by atoms with Crippen molar-refractivity contribution in [2.75, 3.05) is 19.8 Å². The van der Waals surface area contributed by atoms with Gasteiger partial charge in [0.05, 0.1) is 12.7 Å². The summed E-state index contributed by atoms with van der Waals surface area (Å²) in [6.07, 6.45) is 3.37. The van der Waals surface area contributed by atoms with E-state index in [0.29, 0.717) is 42.4 Å². The smallest absolute Gasteiger partial charge is 0.262 e. The molecule has 1 N–H and O–H groups in total. The molecular formula is C24H25FN2O4. The molecule has 1 amide bonds. The highest BCUT2D eigenvalue weighted by molar-refractivity contribution is 6.01. The van der Waals surface area contributed by atoms with Crippen LogP contribution in [0.1, 0.15) is 30.9 Å². The summed E-state index contributed by atoms with van der Waals surface area (Å²) in [6, 6.07) is 13.4. The van der Waals surface area contributed by atoms with E-state index in [2.05, 4.69) is 5.32 Å². The number of nitrogens with zero attached hydrogens (tertiary/aromatic N) is 1. The lowest BCUT2D eigenvalue weighted by molar-refractivity contribution is -0.117. The first-order chi connectivity index (χ1) is 15.1. The van der Waals surface area contributed by atoms with Crippen molar-refractivity contribution in [2.45, 2.75) is 32.5 Å². The third-order valence-corrected chi connectivity index (χ3v) is 4.80. The van der Waals surface area contributed by atoms with Crippen LogP contribution in [0.3, 0.4) is 0 Å². The second-order valence-corrected chi connectivity index (χ2v) is 7.03. The molecule has 0 unspecified atom stereocenters. The van der Waals surface area contributed by atoms with E-state index in [4.69, 9.17) is 14.2 Å². The largest absolute Gasteiger partial charge is 0.490 e. The van der Waals surface area contributed by atoms with Gasteiger partial charge in [0.1, 0.15) is 24.1 Å². The molecule has 0 spiro atoms. The molecule has 0 bridgehead atoms. The molecular weight excluding hydrogens is 399 g/mol. The minimum atomic E-state index is -0.448. The second kappa shape index (κ2) is 11.1. The summed E-state index contributed by atoms with van der Waals surface area (Å²) in [5.74, 6) is 0.108. The minimum Gasteiger partial charge on any atom is -0.490 e. The Morgan fingerprint density at radius 1 is 1.29 bits per heavy atom. The zero-order chi connectivity index (χ0) is 22.1. The van der Waals surface area contributed by atoms with Crippen molar-refractivity contribution in [3.63, 3.8) is 0 Å². The first kappa shape index (κ1) is 22.3. The van der Waals surface area contributed by atoms with Crippen LogP contribution in [0.15, 0.2) is 48.0 Å². The van der Waals surface area contributed by atoms with Gasteiger partial charge in [-0.05, 0) is 49.6 Å². The highest BCUT2D eigenvalue weighted by Crippen LogP contribution is 2.30. The molecule has 2 aromatic rings. The Morgan fingerprint density at radius 3 is 2.84 bits per heavy atom. The fraction of sp³-hybridized carbons (Fsp3) is 0.333. The summed E-state index contributed by atoms with van der Waals surface area (Å²) < 4.78 is 30.7. The van der Waals surface area contributed by atoms with E-state index in [0.717, 1.165) is 12.8 Å². The molecule has 0 aliphatic carbocycles. The number of amides is 1. The van der Waals surface area contributed by atoms with Crippen molar-refractivity contribution < 1.29 is 23.4 Å². The van der Waals surface area contributed by atoms with Crippen LogP contribution in [0.2, 0.25) is 0 Å². The van der Waals surface area contributed by atoms with E-state index in [1.165, 1.54) is 12.1 Å². The zero-order valence-electron chi connectivity index (χ0n) is 17.4. The number of halogens is 1. The van der Waals surface area contributed by atoms with Crippen LogP contribution in [0.5, 0.6) is 11.5 Å². The normalized spacial score (nSPS) is 15.9. The van der Waals surface area contributed by atoms with Crippen LogP contribution >= 0.6 is 0 Å². The van der Waals surface area contributed by atoms with E-state index in [9.17, 15) is 14.4 Å². The monoisotopic (exact) mass is 424 g/mol. The summed E-state index contributed by atoms with van der Waals surface area (Å²) in [5, 5.41) is 12.2. The number of nitriles is 1. The quantitative estimate of drug-likeness (QED) is 0.486. The van der Waals surface area contributed by atoms with Crippen molar-refractivity contribution in [1.29, 1.82) is 5.26 Å². The van der Waals surface area contributed by atoms with Crippen LogP contribution in [0.25, 0.3) is 6.08 Å². The second-order valence-electron chi connectivity index (χ2n) is 7.03. The van der Waals surface area contributed by atoms with Crippen molar-refractivity contribution >= 4 is 12.0 Å². The van der Waals surface area contributed by atoms with Crippen LogP contribution in [-0.4, -0.2) is 31.8 Å².